The number of hydrogen-bond acceptors (Lipinski definition) is 4. The number of rotatable bonds is 5. The Balaban J connectivity index is 1.74. The highest BCUT2D eigenvalue weighted by molar-refractivity contribution is 7.13. The molecule has 5 nitrogen and oxygen atoms in total. The molecule has 1 aromatic heterocycles. The van der Waals surface area contributed by atoms with E-state index in [0.29, 0.717) is 18.0 Å². The van der Waals surface area contributed by atoms with Crippen LogP contribution in [0, 0.1) is 0 Å². The molecule has 0 saturated carbocycles. The van der Waals surface area contributed by atoms with E-state index in [9.17, 15) is 9.59 Å². The first-order valence-corrected chi connectivity index (χ1v) is 6.79. The molecule has 1 aliphatic heterocycles. The van der Waals surface area contributed by atoms with Gasteiger partial charge in [0, 0.05) is 24.5 Å². The van der Waals surface area contributed by atoms with Gasteiger partial charge < -0.3 is 15.3 Å². The summed E-state index contributed by atoms with van der Waals surface area (Å²) in [7, 11) is 0. The first kappa shape index (κ1) is 13.0. The normalized spacial score (nSPS) is 15.0. The molecule has 18 heavy (non-hydrogen) atoms. The Morgan fingerprint density at radius 2 is 2.06 bits per heavy atom. The molecule has 0 radical (unpaired) electrons. The third kappa shape index (κ3) is 3.30. The average molecular weight is 268 g/mol. The molecule has 0 bridgehead atoms. The second-order valence-electron chi connectivity index (χ2n) is 4.26. The molecule has 0 unspecified atom stereocenters. The van der Waals surface area contributed by atoms with Crippen LogP contribution in [0.25, 0.3) is 0 Å². The second-order valence-corrected chi connectivity index (χ2v) is 5.43. The van der Waals surface area contributed by atoms with E-state index < -0.39 is 5.97 Å². The van der Waals surface area contributed by atoms with Crippen LogP contribution < -0.4 is 5.32 Å². The highest BCUT2D eigenvalue weighted by atomic mass is 32.1. The molecule has 1 aliphatic rings. The molecule has 0 aromatic carbocycles. The van der Waals surface area contributed by atoms with Crippen molar-refractivity contribution in [2.24, 2.45) is 0 Å². The summed E-state index contributed by atoms with van der Waals surface area (Å²) >= 11 is 1.24. The first-order valence-electron chi connectivity index (χ1n) is 5.97. The number of nitrogens with zero attached hydrogens (tertiary/aromatic N) is 1. The number of aromatic carboxylic acids is 1. The third-order valence-electron chi connectivity index (χ3n) is 2.91. The number of likely N-dealkylation sites (tertiary alicyclic amines) is 1. The van der Waals surface area contributed by atoms with Crippen LogP contribution in [0.1, 0.15) is 27.4 Å². The molecule has 98 valence electrons. The maximum Gasteiger partial charge on any atom is 0.345 e. The van der Waals surface area contributed by atoms with Crippen molar-refractivity contribution in [2.45, 2.75) is 19.4 Å². The number of carboxylic acid groups (broad SMARTS) is 1. The molecule has 0 spiro atoms. The van der Waals surface area contributed by atoms with Crippen molar-refractivity contribution in [3.05, 3.63) is 21.9 Å². The summed E-state index contributed by atoms with van der Waals surface area (Å²) in [6.45, 7) is 2.59. The molecule has 1 fully saturated rings. The van der Waals surface area contributed by atoms with Crippen LogP contribution in [0.2, 0.25) is 0 Å². The summed E-state index contributed by atoms with van der Waals surface area (Å²) in [6.07, 6.45) is 2.19. The molecule has 0 atom stereocenters. The molecule has 2 rings (SSSR count). The predicted octanol–water partition coefficient (Wildman–Crippen LogP) is 1.16. The summed E-state index contributed by atoms with van der Waals surface area (Å²) in [5.41, 5.74) is 0. The molecule has 0 aliphatic carbocycles. The monoisotopic (exact) mass is 268 g/mol. The number of thiophene rings is 1. The van der Waals surface area contributed by atoms with Gasteiger partial charge in [0.15, 0.2) is 0 Å². The number of amides is 1. The fourth-order valence-electron chi connectivity index (χ4n) is 1.96. The fraction of sp³-hybridized carbons (Fsp3) is 0.500. The summed E-state index contributed by atoms with van der Waals surface area (Å²) in [5.74, 6) is -0.776. The molecule has 6 heteroatoms. The summed E-state index contributed by atoms with van der Waals surface area (Å²) in [5, 5.41) is 11.8. The number of hydrogen-bond donors (Lipinski definition) is 2. The van der Waals surface area contributed by atoms with Crippen molar-refractivity contribution >= 4 is 23.2 Å². The number of carbonyl (C=O) groups is 2. The Labute approximate surface area is 109 Å². The fourth-order valence-corrected chi connectivity index (χ4v) is 2.78. The Bertz CT molecular complexity index is 438. The number of nitrogens with one attached hydrogen (secondary N) is 1. The van der Waals surface area contributed by atoms with Crippen molar-refractivity contribution in [1.82, 2.24) is 10.2 Å². The van der Waals surface area contributed by atoms with Crippen LogP contribution >= 0.6 is 11.3 Å². The topological polar surface area (TPSA) is 69.6 Å². The van der Waals surface area contributed by atoms with E-state index in [1.165, 1.54) is 11.3 Å². The van der Waals surface area contributed by atoms with E-state index in [1.54, 1.807) is 12.1 Å². The maximum atomic E-state index is 11.7. The van der Waals surface area contributed by atoms with Crippen LogP contribution in [-0.2, 0) is 11.3 Å². The molecule has 2 N–H and O–H groups in total. The number of carboxylic acids is 1. The van der Waals surface area contributed by atoms with E-state index in [1.807, 2.05) is 4.90 Å². The zero-order valence-electron chi connectivity index (χ0n) is 10.0. The minimum Gasteiger partial charge on any atom is -0.477 e. The Kier molecular flexibility index (Phi) is 4.33. The van der Waals surface area contributed by atoms with E-state index in [-0.39, 0.29) is 5.91 Å². The number of carbonyl (C=O) groups excluding carboxylic acids is 1. The lowest BCUT2D eigenvalue weighted by atomic mass is 10.4. The molecule has 1 aromatic rings. The molecular weight excluding hydrogens is 252 g/mol. The Morgan fingerprint density at radius 3 is 2.67 bits per heavy atom. The van der Waals surface area contributed by atoms with E-state index in [2.05, 4.69) is 5.32 Å². The largest absolute Gasteiger partial charge is 0.477 e. The molecular formula is C12H16N2O3S. The molecule has 1 saturated heterocycles. The van der Waals surface area contributed by atoms with Gasteiger partial charge in [-0.2, -0.15) is 0 Å². The molecule has 2 heterocycles. The van der Waals surface area contributed by atoms with E-state index in [0.717, 1.165) is 30.8 Å². The van der Waals surface area contributed by atoms with Crippen molar-refractivity contribution in [3.8, 4) is 0 Å². The van der Waals surface area contributed by atoms with Gasteiger partial charge in [-0.3, -0.25) is 4.79 Å². The first-order chi connectivity index (χ1) is 8.66. The van der Waals surface area contributed by atoms with Gasteiger partial charge in [0.2, 0.25) is 5.91 Å². The zero-order valence-corrected chi connectivity index (χ0v) is 10.8. The lowest BCUT2D eigenvalue weighted by Crippen LogP contribution is -2.35. The zero-order chi connectivity index (χ0) is 13.0. The summed E-state index contributed by atoms with van der Waals surface area (Å²) in [6, 6.07) is 3.37. The van der Waals surface area contributed by atoms with Gasteiger partial charge >= 0.3 is 5.97 Å². The maximum absolute atomic E-state index is 11.7. The Morgan fingerprint density at radius 1 is 1.33 bits per heavy atom. The SMILES string of the molecule is O=C(O)c1ccc(CNCC(=O)N2CCCC2)s1. The summed E-state index contributed by atoms with van der Waals surface area (Å²) in [4.78, 5) is 25.5. The van der Waals surface area contributed by atoms with E-state index >= 15 is 0 Å². The highest BCUT2D eigenvalue weighted by Crippen LogP contribution is 2.16. The van der Waals surface area contributed by atoms with Gasteiger partial charge in [-0.05, 0) is 25.0 Å². The van der Waals surface area contributed by atoms with Crippen molar-refractivity contribution in [3.63, 3.8) is 0 Å². The molecule has 1 amide bonds. The van der Waals surface area contributed by atoms with Crippen molar-refractivity contribution in [1.29, 1.82) is 0 Å². The lowest BCUT2D eigenvalue weighted by molar-refractivity contribution is -0.129. The predicted molar refractivity (Wildman–Crippen MR) is 68.8 cm³/mol. The lowest BCUT2D eigenvalue weighted by Gasteiger charge is -2.15. The van der Waals surface area contributed by atoms with Gasteiger partial charge in [0.25, 0.3) is 0 Å². The Hall–Kier alpha value is -1.40. The van der Waals surface area contributed by atoms with Gasteiger partial charge in [-0.1, -0.05) is 0 Å². The van der Waals surface area contributed by atoms with Gasteiger partial charge in [-0.15, -0.1) is 11.3 Å². The van der Waals surface area contributed by atoms with Crippen LogP contribution in [0.5, 0.6) is 0 Å². The van der Waals surface area contributed by atoms with Crippen molar-refractivity contribution < 1.29 is 14.7 Å². The van der Waals surface area contributed by atoms with Gasteiger partial charge in [0.1, 0.15) is 4.88 Å². The van der Waals surface area contributed by atoms with Crippen LogP contribution in [0.15, 0.2) is 12.1 Å². The minimum atomic E-state index is -0.903. The summed E-state index contributed by atoms with van der Waals surface area (Å²) < 4.78 is 0. The van der Waals surface area contributed by atoms with Gasteiger partial charge in [-0.25, -0.2) is 4.79 Å². The standard InChI is InChI=1S/C12H16N2O3S/c15-11(14-5-1-2-6-14)8-13-7-9-3-4-10(18-9)12(16)17/h3-4,13H,1-2,5-8H2,(H,16,17). The third-order valence-corrected chi connectivity index (χ3v) is 3.98. The highest BCUT2D eigenvalue weighted by Gasteiger charge is 2.17. The average Bonchev–Trinajstić information content (AvgIpc) is 3.00. The van der Waals surface area contributed by atoms with Crippen molar-refractivity contribution in [2.75, 3.05) is 19.6 Å². The van der Waals surface area contributed by atoms with Crippen LogP contribution in [0.3, 0.4) is 0 Å². The van der Waals surface area contributed by atoms with E-state index in [4.69, 9.17) is 5.11 Å². The van der Waals surface area contributed by atoms with Gasteiger partial charge in [0.05, 0.1) is 6.54 Å². The van der Waals surface area contributed by atoms with Crippen LogP contribution in [-0.4, -0.2) is 41.5 Å². The van der Waals surface area contributed by atoms with Crippen LogP contribution in [0.4, 0.5) is 0 Å². The smallest absolute Gasteiger partial charge is 0.345 e. The second kappa shape index (κ2) is 5.97. The quantitative estimate of drug-likeness (QED) is 0.840. The minimum absolute atomic E-state index is 0.127.